The first-order valence-electron chi connectivity index (χ1n) is 8.89. The Labute approximate surface area is 164 Å². The molecule has 4 nitrogen and oxygen atoms in total. The van der Waals surface area contributed by atoms with Crippen LogP contribution in [0.5, 0.6) is 11.5 Å². The number of carbonyl (C=O) groups excluding carboxylic acids is 1. The lowest BCUT2D eigenvalue weighted by molar-refractivity contribution is -0.122. The number of hydrogen-bond donors (Lipinski definition) is 0. The van der Waals surface area contributed by atoms with Crippen LogP contribution < -0.4 is 9.47 Å². The van der Waals surface area contributed by atoms with Crippen molar-refractivity contribution in [1.82, 2.24) is 4.90 Å². The first-order chi connectivity index (χ1) is 12.6. The molecule has 6 heteroatoms. The number of hydrogen-bond acceptors (Lipinski definition) is 5. The molecule has 3 rings (SSSR count). The Balaban J connectivity index is 1.73. The van der Waals surface area contributed by atoms with E-state index in [0.717, 1.165) is 35.5 Å². The molecule has 0 saturated carbocycles. The minimum Gasteiger partial charge on any atom is -0.493 e. The third kappa shape index (κ3) is 4.13. The van der Waals surface area contributed by atoms with Crippen molar-refractivity contribution in [1.29, 1.82) is 0 Å². The van der Waals surface area contributed by atoms with E-state index in [2.05, 4.69) is 6.92 Å². The Bertz CT molecular complexity index is 770. The monoisotopic (exact) mass is 389 g/mol. The molecule has 2 aliphatic rings. The number of ether oxygens (including phenoxy) is 2. The van der Waals surface area contributed by atoms with Crippen LogP contribution in [-0.2, 0) is 4.79 Å². The third-order valence-electron chi connectivity index (χ3n) is 4.38. The summed E-state index contributed by atoms with van der Waals surface area (Å²) in [6.07, 6.45) is 8.43. The topological polar surface area (TPSA) is 38.8 Å². The molecular weight excluding hydrogens is 366 g/mol. The first kappa shape index (κ1) is 19.0. The highest BCUT2D eigenvalue weighted by atomic mass is 32.2. The third-order valence-corrected chi connectivity index (χ3v) is 5.76. The van der Waals surface area contributed by atoms with Gasteiger partial charge >= 0.3 is 0 Å². The molecule has 0 N–H and O–H groups in total. The summed E-state index contributed by atoms with van der Waals surface area (Å²) in [5.41, 5.74) is 1.91. The Morgan fingerprint density at radius 3 is 2.96 bits per heavy atom. The Morgan fingerprint density at radius 1 is 1.35 bits per heavy atom. The molecule has 0 radical (unpaired) electrons. The van der Waals surface area contributed by atoms with Gasteiger partial charge in [0, 0.05) is 12.1 Å². The van der Waals surface area contributed by atoms with Crippen LogP contribution in [0.3, 0.4) is 0 Å². The van der Waals surface area contributed by atoms with E-state index in [4.69, 9.17) is 21.7 Å². The summed E-state index contributed by atoms with van der Waals surface area (Å²) < 4.78 is 11.8. The average molecular weight is 390 g/mol. The SMILES string of the molecule is CCCCCCN1C(=O)/C(=C/C2=Cc3cccc(OC)c3OC2)SC1=S. The van der Waals surface area contributed by atoms with Crippen LogP contribution in [-0.4, -0.2) is 35.4 Å². The van der Waals surface area contributed by atoms with Gasteiger partial charge in [-0.15, -0.1) is 0 Å². The van der Waals surface area contributed by atoms with E-state index in [9.17, 15) is 4.79 Å². The second-order valence-electron chi connectivity index (χ2n) is 6.28. The smallest absolute Gasteiger partial charge is 0.266 e. The molecule has 0 bridgehead atoms. The van der Waals surface area contributed by atoms with Gasteiger partial charge in [0.2, 0.25) is 0 Å². The fourth-order valence-corrected chi connectivity index (χ4v) is 4.32. The number of thioether (sulfide) groups is 1. The van der Waals surface area contributed by atoms with Crippen molar-refractivity contribution in [2.75, 3.05) is 20.3 Å². The molecule has 1 fully saturated rings. The molecule has 0 atom stereocenters. The minimum atomic E-state index is 0.00818. The van der Waals surface area contributed by atoms with Gasteiger partial charge in [-0.1, -0.05) is 62.3 Å². The zero-order chi connectivity index (χ0) is 18.5. The van der Waals surface area contributed by atoms with Crippen molar-refractivity contribution in [2.24, 2.45) is 0 Å². The van der Waals surface area contributed by atoms with Crippen molar-refractivity contribution >= 4 is 40.3 Å². The van der Waals surface area contributed by atoms with Gasteiger partial charge < -0.3 is 9.47 Å². The molecule has 0 spiro atoms. The van der Waals surface area contributed by atoms with Gasteiger partial charge in [0.1, 0.15) is 10.9 Å². The van der Waals surface area contributed by atoms with Crippen molar-refractivity contribution in [3.63, 3.8) is 0 Å². The Hall–Kier alpha value is -1.79. The highest BCUT2D eigenvalue weighted by Crippen LogP contribution is 2.37. The number of thiocarbonyl (C=S) groups is 1. The number of amides is 1. The van der Waals surface area contributed by atoms with Crippen LogP contribution in [0.1, 0.15) is 38.2 Å². The van der Waals surface area contributed by atoms with Crippen LogP contribution in [0.2, 0.25) is 0 Å². The number of rotatable bonds is 7. The van der Waals surface area contributed by atoms with E-state index in [1.807, 2.05) is 30.4 Å². The molecule has 0 aliphatic carbocycles. The summed E-state index contributed by atoms with van der Waals surface area (Å²) in [7, 11) is 1.63. The first-order valence-corrected chi connectivity index (χ1v) is 10.1. The minimum absolute atomic E-state index is 0.00818. The van der Waals surface area contributed by atoms with Crippen LogP contribution in [0, 0.1) is 0 Å². The van der Waals surface area contributed by atoms with E-state index < -0.39 is 0 Å². The maximum absolute atomic E-state index is 12.7. The van der Waals surface area contributed by atoms with Gasteiger partial charge in [-0.25, -0.2) is 0 Å². The number of carbonyl (C=O) groups is 1. The maximum atomic E-state index is 12.7. The highest BCUT2D eigenvalue weighted by molar-refractivity contribution is 8.26. The molecule has 26 heavy (non-hydrogen) atoms. The molecule has 138 valence electrons. The number of unbranched alkanes of at least 4 members (excludes halogenated alkanes) is 3. The molecule has 1 aromatic carbocycles. The second kappa shape index (κ2) is 8.73. The zero-order valence-corrected chi connectivity index (χ0v) is 16.8. The lowest BCUT2D eigenvalue weighted by Gasteiger charge is -2.18. The van der Waals surface area contributed by atoms with Crippen LogP contribution in [0.25, 0.3) is 6.08 Å². The molecule has 0 unspecified atom stereocenters. The van der Waals surface area contributed by atoms with Gasteiger partial charge in [-0.2, -0.15) is 0 Å². The van der Waals surface area contributed by atoms with Crippen LogP contribution in [0.4, 0.5) is 0 Å². The summed E-state index contributed by atoms with van der Waals surface area (Å²) >= 11 is 6.77. The van der Waals surface area contributed by atoms with Gasteiger partial charge in [0.15, 0.2) is 11.5 Å². The second-order valence-corrected chi connectivity index (χ2v) is 7.96. The molecule has 2 aliphatic heterocycles. The summed E-state index contributed by atoms with van der Waals surface area (Å²) in [4.78, 5) is 15.1. The van der Waals surface area contributed by atoms with E-state index in [1.54, 1.807) is 12.0 Å². The maximum Gasteiger partial charge on any atom is 0.266 e. The van der Waals surface area contributed by atoms with E-state index in [0.29, 0.717) is 22.4 Å². The number of para-hydroxylation sites is 1. The van der Waals surface area contributed by atoms with Crippen molar-refractivity contribution in [3.8, 4) is 11.5 Å². The fourth-order valence-electron chi connectivity index (χ4n) is 3.00. The molecule has 1 aromatic rings. The van der Waals surface area contributed by atoms with Gasteiger partial charge in [-0.05, 0) is 30.2 Å². The van der Waals surface area contributed by atoms with Gasteiger partial charge in [0.25, 0.3) is 5.91 Å². The number of benzene rings is 1. The predicted octanol–water partition coefficient (Wildman–Crippen LogP) is 4.80. The van der Waals surface area contributed by atoms with E-state index in [1.165, 1.54) is 24.6 Å². The molecule has 0 aromatic heterocycles. The lowest BCUT2D eigenvalue weighted by Crippen LogP contribution is -2.29. The van der Waals surface area contributed by atoms with E-state index in [-0.39, 0.29) is 5.91 Å². The van der Waals surface area contributed by atoms with Crippen molar-refractivity contribution in [2.45, 2.75) is 32.6 Å². The number of nitrogens with zero attached hydrogens (tertiary/aromatic N) is 1. The summed E-state index contributed by atoms with van der Waals surface area (Å²) in [6, 6.07) is 5.78. The van der Waals surface area contributed by atoms with Crippen molar-refractivity contribution in [3.05, 3.63) is 40.3 Å². The standard InChI is InChI=1S/C20H23NO3S2/c1-3-4-5-6-10-21-19(22)17(26-20(21)25)12-14-11-15-8-7-9-16(23-2)18(15)24-13-14/h7-9,11-12H,3-6,10,13H2,1-2H3/b17-12-. The molecule has 1 saturated heterocycles. The summed E-state index contributed by atoms with van der Waals surface area (Å²) in [5.74, 6) is 1.47. The average Bonchev–Trinajstić information content (AvgIpc) is 2.91. The van der Waals surface area contributed by atoms with E-state index >= 15 is 0 Å². The summed E-state index contributed by atoms with van der Waals surface area (Å²) in [5, 5.41) is 0. The normalized spacial score (nSPS) is 18.0. The molecular formula is C20H23NO3S2. The summed E-state index contributed by atoms with van der Waals surface area (Å²) in [6.45, 7) is 3.29. The van der Waals surface area contributed by atoms with Gasteiger partial charge in [0.05, 0.1) is 12.0 Å². The zero-order valence-electron chi connectivity index (χ0n) is 15.1. The molecule has 2 heterocycles. The quantitative estimate of drug-likeness (QED) is 0.381. The predicted molar refractivity (Wildman–Crippen MR) is 111 cm³/mol. The Kier molecular flexibility index (Phi) is 6.38. The largest absolute Gasteiger partial charge is 0.493 e. The van der Waals surface area contributed by atoms with Crippen LogP contribution in [0.15, 0.2) is 34.8 Å². The number of fused-ring (bicyclic) bond motifs is 1. The highest BCUT2D eigenvalue weighted by Gasteiger charge is 2.31. The number of methoxy groups -OCH3 is 1. The Morgan fingerprint density at radius 2 is 2.19 bits per heavy atom. The lowest BCUT2D eigenvalue weighted by atomic mass is 10.1. The van der Waals surface area contributed by atoms with Crippen LogP contribution >= 0.6 is 24.0 Å². The fraction of sp³-hybridized carbons (Fsp3) is 0.400. The van der Waals surface area contributed by atoms with Crippen molar-refractivity contribution < 1.29 is 14.3 Å². The van der Waals surface area contributed by atoms with Gasteiger partial charge in [-0.3, -0.25) is 9.69 Å². The molecule has 1 amide bonds.